The first kappa shape index (κ1) is 16.3. The fraction of sp³-hybridized carbons (Fsp3) is 0.400. The Hall–Kier alpha value is -1.67. The van der Waals surface area contributed by atoms with Crippen molar-refractivity contribution in [3.63, 3.8) is 0 Å². The number of nitrogens with two attached hydrogens (primary N) is 1. The van der Waals surface area contributed by atoms with Crippen LogP contribution in [-0.4, -0.2) is 25.0 Å². The second kappa shape index (κ2) is 5.78. The van der Waals surface area contributed by atoms with Crippen LogP contribution in [-0.2, 0) is 24.0 Å². The predicted molar refractivity (Wildman–Crippen MR) is 65.4 cm³/mol. The maximum atomic E-state index is 11.5. The molecule has 0 aromatic heterocycles. The van der Waals surface area contributed by atoms with Gasteiger partial charge in [-0.2, -0.15) is 8.42 Å². The summed E-state index contributed by atoms with van der Waals surface area (Å²) >= 11 is 0. The van der Waals surface area contributed by atoms with E-state index in [1.165, 1.54) is 20.8 Å². The number of primary amides is 1. The van der Waals surface area contributed by atoms with Gasteiger partial charge in [-0.3, -0.25) is 9.59 Å². The molecule has 0 atom stereocenters. The van der Waals surface area contributed by atoms with Gasteiger partial charge in [0.15, 0.2) is 0 Å². The summed E-state index contributed by atoms with van der Waals surface area (Å²) in [6.07, 6.45) is 1.96. The molecule has 3 N–H and O–H groups in total. The molecule has 0 aromatic rings. The van der Waals surface area contributed by atoms with Crippen molar-refractivity contribution in [2.45, 2.75) is 25.5 Å². The highest BCUT2D eigenvalue weighted by molar-refractivity contribution is 7.88. The minimum atomic E-state index is -3.95. The van der Waals surface area contributed by atoms with Crippen LogP contribution in [0.2, 0.25) is 0 Å². The van der Waals surface area contributed by atoms with Crippen molar-refractivity contribution in [1.82, 2.24) is 5.48 Å². The maximum absolute atomic E-state index is 11.5. The molecule has 18 heavy (non-hydrogen) atoms. The Kier molecular flexibility index (Phi) is 5.25. The predicted octanol–water partition coefficient (Wildman–Crippen LogP) is -0.240. The first-order chi connectivity index (χ1) is 7.97. The van der Waals surface area contributed by atoms with Gasteiger partial charge in [0, 0.05) is 11.6 Å². The summed E-state index contributed by atoms with van der Waals surface area (Å²) in [5.41, 5.74) is 6.37. The normalized spacial score (nSPS) is 12.4. The molecule has 102 valence electrons. The molecule has 0 saturated heterocycles. The van der Waals surface area contributed by atoms with E-state index in [1.54, 1.807) is 5.48 Å². The topological polar surface area (TPSA) is 116 Å². The zero-order valence-corrected chi connectivity index (χ0v) is 11.2. The van der Waals surface area contributed by atoms with Crippen molar-refractivity contribution < 1.29 is 22.3 Å². The lowest BCUT2D eigenvalue weighted by atomic mass is 10.2. The van der Waals surface area contributed by atoms with Gasteiger partial charge in [-0.05, 0) is 26.8 Å². The van der Waals surface area contributed by atoms with Crippen molar-refractivity contribution in [3.8, 4) is 0 Å². The fourth-order valence-corrected chi connectivity index (χ4v) is 0.977. The van der Waals surface area contributed by atoms with E-state index < -0.39 is 26.7 Å². The van der Waals surface area contributed by atoms with Crippen molar-refractivity contribution in [2.24, 2.45) is 5.73 Å². The quantitative estimate of drug-likeness (QED) is 0.408. The molecular formula is C10H16N2O5S. The Morgan fingerprint density at radius 2 is 1.78 bits per heavy atom. The largest absolute Gasteiger partial charge is 0.366 e. The van der Waals surface area contributed by atoms with Crippen molar-refractivity contribution >= 4 is 21.9 Å². The van der Waals surface area contributed by atoms with Crippen LogP contribution in [0.25, 0.3) is 0 Å². The SMILES string of the molecule is C=C(C=CC(N)=O)C(=O)NOS(=O)(=O)C(C)(C)C. The third kappa shape index (κ3) is 5.11. The number of hydrogen-bond acceptors (Lipinski definition) is 5. The minimum absolute atomic E-state index is 0.169. The van der Waals surface area contributed by atoms with Crippen molar-refractivity contribution in [1.29, 1.82) is 0 Å². The molecule has 2 amide bonds. The molecule has 7 nitrogen and oxygen atoms in total. The Balaban J connectivity index is 4.55. The zero-order valence-electron chi connectivity index (χ0n) is 10.4. The van der Waals surface area contributed by atoms with Crippen LogP contribution in [0.5, 0.6) is 0 Å². The van der Waals surface area contributed by atoms with Crippen molar-refractivity contribution in [2.75, 3.05) is 0 Å². The summed E-state index contributed by atoms with van der Waals surface area (Å²) in [6.45, 7) is 7.55. The van der Waals surface area contributed by atoms with E-state index in [0.717, 1.165) is 12.2 Å². The molecule has 0 aliphatic heterocycles. The van der Waals surface area contributed by atoms with Gasteiger partial charge in [-0.15, -0.1) is 4.28 Å². The first-order valence-electron chi connectivity index (χ1n) is 4.87. The minimum Gasteiger partial charge on any atom is -0.366 e. The number of hydroxylamine groups is 1. The Morgan fingerprint density at radius 1 is 1.28 bits per heavy atom. The van der Waals surface area contributed by atoms with Gasteiger partial charge in [0.2, 0.25) is 5.91 Å². The summed E-state index contributed by atoms with van der Waals surface area (Å²) in [7, 11) is -3.95. The van der Waals surface area contributed by atoms with E-state index in [4.69, 9.17) is 5.73 Å². The molecule has 0 bridgehead atoms. The molecule has 0 spiro atoms. The summed E-state index contributed by atoms with van der Waals surface area (Å²) in [6, 6.07) is 0. The lowest BCUT2D eigenvalue weighted by Crippen LogP contribution is -2.37. The number of carbonyl (C=O) groups is 2. The van der Waals surface area contributed by atoms with Crippen LogP contribution in [0.3, 0.4) is 0 Å². The number of rotatable bonds is 5. The standard InChI is InChI=1S/C10H16N2O5S/c1-7(5-6-8(11)13)9(14)12-17-18(15,16)10(2,3)4/h5-6H,1H2,2-4H3,(H2,11,13)(H,12,14). The van der Waals surface area contributed by atoms with Crippen molar-refractivity contribution in [3.05, 3.63) is 24.3 Å². The van der Waals surface area contributed by atoms with Crippen LogP contribution < -0.4 is 11.2 Å². The second-order valence-electron chi connectivity index (χ2n) is 4.34. The van der Waals surface area contributed by atoms with Crippen LogP contribution in [0.1, 0.15) is 20.8 Å². The highest BCUT2D eigenvalue weighted by Crippen LogP contribution is 2.15. The lowest BCUT2D eigenvalue weighted by Gasteiger charge is -2.17. The van der Waals surface area contributed by atoms with Gasteiger partial charge >= 0.3 is 0 Å². The highest BCUT2D eigenvalue weighted by atomic mass is 32.2. The van der Waals surface area contributed by atoms with Crippen LogP contribution in [0.15, 0.2) is 24.3 Å². The smallest absolute Gasteiger partial charge is 0.292 e. The molecule has 0 aromatic carbocycles. The van der Waals surface area contributed by atoms with Gasteiger partial charge in [-0.1, -0.05) is 6.58 Å². The molecule has 0 saturated carbocycles. The molecule has 0 aliphatic rings. The molecule has 0 aliphatic carbocycles. The molecule has 0 fully saturated rings. The van der Waals surface area contributed by atoms with E-state index in [0.29, 0.717) is 0 Å². The summed E-state index contributed by atoms with van der Waals surface area (Å²) in [4.78, 5) is 21.7. The van der Waals surface area contributed by atoms with Crippen LogP contribution >= 0.6 is 0 Å². The van der Waals surface area contributed by atoms with Crippen LogP contribution in [0, 0.1) is 0 Å². The number of carbonyl (C=O) groups excluding carboxylic acids is 2. The molecule has 0 unspecified atom stereocenters. The number of amides is 2. The second-order valence-corrected chi connectivity index (χ2v) is 6.64. The van der Waals surface area contributed by atoms with E-state index in [-0.39, 0.29) is 5.57 Å². The third-order valence-corrected chi connectivity index (χ3v) is 3.54. The van der Waals surface area contributed by atoms with Gasteiger partial charge in [-0.25, -0.2) is 5.48 Å². The fourth-order valence-electron chi connectivity index (χ4n) is 0.542. The highest BCUT2D eigenvalue weighted by Gasteiger charge is 2.31. The number of nitrogens with one attached hydrogen (secondary N) is 1. The monoisotopic (exact) mass is 276 g/mol. The first-order valence-corrected chi connectivity index (χ1v) is 6.28. The Morgan fingerprint density at radius 3 is 2.17 bits per heavy atom. The summed E-state index contributed by atoms with van der Waals surface area (Å²) in [5, 5.41) is 0. The van der Waals surface area contributed by atoms with Gasteiger partial charge in [0.05, 0.1) is 4.75 Å². The van der Waals surface area contributed by atoms with E-state index in [2.05, 4.69) is 10.9 Å². The average molecular weight is 276 g/mol. The zero-order chi connectivity index (χ0) is 14.6. The van der Waals surface area contributed by atoms with E-state index in [1.807, 2.05) is 0 Å². The molecule has 0 heterocycles. The molecule has 0 radical (unpaired) electrons. The maximum Gasteiger partial charge on any atom is 0.292 e. The summed E-state index contributed by atoms with van der Waals surface area (Å²) in [5.74, 6) is -1.65. The average Bonchev–Trinajstić information content (AvgIpc) is 2.20. The summed E-state index contributed by atoms with van der Waals surface area (Å²) < 4.78 is 26.1. The Labute approximate surface area is 106 Å². The molecule has 8 heteroatoms. The lowest BCUT2D eigenvalue weighted by molar-refractivity contribution is -0.123. The molecular weight excluding hydrogens is 260 g/mol. The van der Waals surface area contributed by atoms with E-state index >= 15 is 0 Å². The van der Waals surface area contributed by atoms with Crippen LogP contribution in [0.4, 0.5) is 0 Å². The van der Waals surface area contributed by atoms with Gasteiger partial charge < -0.3 is 5.73 Å². The van der Waals surface area contributed by atoms with Gasteiger partial charge in [0.25, 0.3) is 16.0 Å². The van der Waals surface area contributed by atoms with E-state index in [9.17, 15) is 18.0 Å². The molecule has 0 rings (SSSR count). The Bertz CT molecular complexity index is 485. The third-order valence-electron chi connectivity index (χ3n) is 1.73. The van der Waals surface area contributed by atoms with Gasteiger partial charge in [0.1, 0.15) is 0 Å². The number of hydrogen-bond donors (Lipinski definition) is 2.